The summed E-state index contributed by atoms with van der Waals surface area (Å²) in [6.07, 6.45) is 3.20. The maximum Gasteiger partial charge on any atom is 0.375 e. The van der Waals surface area contributed by atoms with Gasteiger partial charge in [-0.3, -0.25) is 9.78 Å². The van der Waals surface area contributed by atoms with Crippen molar-refractivity contribution in [1.29, 1.82) is 0 Å². The van der Waals surface area contributed by atoms with Crippen LogP contribution in [0.4, 0.5) is 0 Å². The van der Waals surface area contributed by atoms with E-state index in [1.807, 2.05) is 0 Å². The molecule has 0 saturated carbocycles. The second-order valence-electron chi connectivity index (χ2n) is 4.87. The highest BCUT2D eigenvalue weighted by atomic mass is 16.6. The number of esters is 1. The minimum Gasteiger partial charge on any atom is -0.454 e. The van der Waals surface area contributed by atoms with Crippen molar-refractivity contribution in [2.24, 2.45) is 0 Å². The number of ether oxygens (including phenoxy) is 1. The van der Waals surface area contributed by atoms with Crippen molar-refractivity contribution in [3.63, 3.8) is 0 Å². The smallest absolute Gasteiger partial charge is 0.375 e. The molecule has 0 saturated heterocycles. The third-order valence-corrected chi connectivity index (χ3v) is 2.18. The number of pyridine rings is 1. The number of ketones is 1. The Bertz CT molecular complexity index is 406. The van der Waals surface area contributed by atoms with Crippen LogP contribution in [0.15, 0.2) is 24.5 Å². The number of Topliss-reactive ketones (excluding diaryl/α,β-unsaturated/α-hetero) is 1. The van der Waals surface area contributed by atoms with Crippen molar-refractivity contribution in [3.8, 4) is 0 Å². The van der Waals surface area contributed by atoms with Gasteiger partial charge < -0.3 is 4.74 Å². The molecule has 0 bridgehead atoms. The first-order valence-electron chi connectivity index (χ1n) is 5.48. The van der Waals surface area contributed by atoms with E-state index < -0.39 is 23.3 Å². The Kier molecular flexibility index (Phi) is 3.99. The zero-order valence-corrected chi connectivity index (χ0v) is 10.6. The quantitative estimate of drug-likeness (QED) is 0.594. The first kappa shape index (κ1) is 13.4. The zero-order valence-electron chi connectivity index (χ0n) is 10.6. The van der Waals surface area contributed by atoms with Crippen molar-refractivity contribution in [2.75, 3.05) is 0 Å². The van der Waals surface area contributed by atoms with Crippen molar-refractivity contribution in [2.45, 2.75) is 39.2 Å². The van der Waals surface area contributed by atoms with Gasteiger partial charge in [-0.25, -0.2) is 4.79 Å². The molecule has 17 heavy (non-hydrogen) atoms. The molecular weight excluding hydrogens is 218 g/mol. The van der Waals surface area contributed by atoms with Gasteiger partial charge in [0.15, 0.2) is 0 Å². The fourth-order valence-electron chi connectivity index (χ4n) is 1.29. The number of rotatable bonds is 3. The Morgan fingerprint density at radius 2 is 2.00 bits per heavy atom. The van der Waals surface area contributed by atoms with E-state index >= 15 is 0 Å². The van der Waals surface area contributed by atoms with Gasteiger partial charge in [0.25, 0.3) is 0 Å². The second-order valence-corrected chi connectivity index (χ2v) is 4.87. The summed E-state index contributed by atoms with van der Waals surface area (Å²) in [5.41, 5.74) is 0.0601. The standard InChI is InChI=1S/C13H17NO3/c1-9(10-6-5-7-14-8-10)11(15)12(16)17-13(2,3)4/h5-9H,1-4H3. The first-order chi connectivity index (χ1) is 7.81. The van der Waals surface area contributed by atoms with Gasteiger partial charge in [0.1, 0.15) is 5.60 Å². The molecule has 92 valence electrons. The van der Waals surface area contributed by atoms with E-state index in [0.717, 1.165) is 0 Å². The van der Waals surface area contributed by atoms with Crippen LogP contribution in [0.2, 0.25) is 0 Å². The fraction of sp³-hybridized carbons (Fsp3) is 0.462. The zero-order chi connectivity index (χ0) is 13.1. The highest BCUT2D eigenvalue weighted by molar-refractivity contribution is 6.35. The Labute approximate surface area is 101 Å². The molecule has 0 spiro atoms. The second kappa shape index (κ2) is 5.08. The van der Waals surface area contributed by atoms with Gasteiger partial charge in [0.2, 0.25) is 5.78 Å². The number of carbonyl (C=O) groups is 2. The van der Waals surface area contributed by atoms with E-state index in [-0.39, 0.29) is 0 Å². The summed E-state index contributed by atoms with van der Waals surface area (Å²) in [4.78, 5) is 27.3. The van der Waals surface area contributed by atoms with Crippen LogP contribution < -0.4 is 0 Å². The summed E-state index contributed by atoms with van der Waals surface area (Å²) in [5, 5.41) is 0. The van der Waals surface area contributed by atoms with Crippen molar-refractivity contribution >= 4 is 11.8 Å². The molecule has 0 amide bonds. The van der Waals surface area contributed by atoms with Gasteiger partial charge in [-0.2, -0.15) is 0 Å². The highest BCUT2D eigenvalue weighted by Crippen LogP contribution is 2.17. The van der Waals surface area contributed by atoms with Crippen LogP contribution in [0.25, 0.3) is 0 Å². The van der Waals surface area contributed by atoms with Gasteiger partial charge in [-0.15, -0.1) is 0 Å². The number of carbonyl (C=O) groups excluding carboxylic acids is 2. The maximum absolute atomic E-state index is 11.8. The molecule has 0 radical (unpaired) electrons. The van der Waals surface area contributed by atoms with Gasteiger partial charge in [-0.1, -0.05) is 13.0 Å². The van der Waals surface area contributed by atoms with Crippen LogP contribution in [-0.2, 0) is 14.3 Å². The average molecular weight is 235 g/mol. The minimum atomic E-state index is -0.797. The maximum atomic E-state index is 11.8. The third kappa shape index (κ3) is 3.98. The van der Waals surface area contributed by atoms with Crippen LogP contribution in [0.3, 0.4) is 0 Å². The van der Waals surface area contributed by atoms with Crippen molar-refractivity contribution < 1.29 is 14.3 Å². The monoisotopic (exact) mass is 235 g/mol. The summed E-state index contributed by atoms with van der Waals surface area (Å²) in [7, 11) is 0. The van der Waals surface area contributed by atoms with Crippen LogP contribution in [0.1, 0.15) is 39.2 Å². The lowest BCUT2D eigenvalue weighted by molar-refractivity contribution is -0.162. The Hall–Kier alpha value is -1.71. The first-order valence-corrected chi connectivity index (χ1v) is 5.48. The van der Waals surface area contributed by atoms with Crippen molar-refractivity contribution in [3.05, 3.63) is 30.1 Å². The molecule has 1 unspecified atom stereocenters. The Morgan fingerprint density at radius 3 is 2.47 bits per heavy atom. The number of hydrogen-bond acceptors (Lipinski definition) is 4. The number of nitrogens with zero attached hydrogens (tertiary/aromatic N) is 1. The van der Waals surface area contributed by atoms with E-state index in [1.165, 1.54) is 0 Å². The van der Waals surface area contributed by atoms with E-state index in [0.29, 0.717) is 5.56 Å². The van der Waals surface area contributed by atoms with Crippen LogP contribution in [0.5, 0.6) is 0 Å². The number of hydrogen-bond donors (Lipinski definition) is 0. The third-order valence-electron chi connectivity index (χ3n) is 2.18. The van der Waals surface area contributed by atoms with Crippen LogP contribution in [0, 0.1) is 0 Å². The fourth-order valence-corrected chi connectivity index (χ4v) is 1.29. The van der Waals surface area contributed by atoms with Gasteiger partial charge in [-0.05, 0) is 32.4 Å². The molecule has 0 fully saturated rings. The van der Waals surface area contributed by atoms with E-state index in [9.17, 15) is 9.59 Å². The summed E-state index contributed by atoms with van der Waals surface area (Å²) < 4.78 is 5.03. The molecular formula is C13H17NO3. The Morgan fingerprint density at radius 1 is 1.35 bits per heavy atom. The molecule has 4 heteroatoms. The topological polar surface area (TPSA) is 56.3 Å². The molecule has 1 atom stereocenters. The van der Waals surface area contributed by atoms with Gasteiger partial charge >= 0.3 is 5.97 Å². The molecule has 0 aliphatic rings. The van der Waals surface area contributed by atoms with E-state index in [1.54, 1.807) is 52.2 Å². The summed E-state index contributed by atoms with van der Waals surface area (Å²) in [6.45, 7) is 6.86. The largest absolute Gasteiger partial charge is 0.454 e. The molecule has 0 N–H and O–H groups in total. The van der Waals surface area contributed by atoms with Gasteiger partial charge in [0.05, 0.1) is 5.92 Å². The predicted octanol–water partition coefficient (Wildman–Crippen LogP) is 2.10. The average Bonchev–Trinajstić information content (AvgIpc) is 2.26. The summed E-state index contributed by atoms with van der Waals surface area (Å²) in [5.74, 6) is -1.87. The van der Waals surface area contributed by atoms with Crippen LogP contribution >= 0.6 is 0 Å². The molecule has 0 aliphatic carbocycles. The van der Waals surface area contributed by atoms with Crippen LogP contribution in [-0.4, -0.2) is 22.3 Å². The lowest BCUT2D eigenvalue weighted by atomic mass is 9.98. The van der Waals surface area contributed by atoms with E-state index in [4.69, 9.17) is 4.74 Å². The molecule has 0 aliphatic heterocycles. The molecule has 1 rings (SSSR count). The molecule has 0 aromatic carbocycles. The van der Waals surface area contributed by atoms with Gasteiger partial charge in [0, 0.05) is 12.4 Å². The Balaban J connectivity index is 2.74. The molecule has 4 nitrogen and oxygen atoms in total. The molecule has 1 aromatic rings. The lowest BCUT2D eigenvalue weighted by Gasteiger charge is -2.20. The van der Waals surface area contributed by atoms with E-state index in [2.05, 4.69) is 4.98 Å². The lowest BCUT2D eigenvalue weighted by Crippen LogP contribution is -2.31. The summed E-state index contributed by atoms with van der Waals surface area (Å²) in [6, 6.07) is 3.49. The summed E-state index contributed by atoms with van der Waals surface area (Å²) >= 11 is 0. The highest BCUT2D eigenvalue weighted by Gasteiger charge is 2.27. The normalized spacial score (nSPS) is 12.9. The molecule has 1 heterocycles. The molecule has 1 aromatic heterocycles. The number of aromatic nitrogens is 1. The minimum absolute atomic E-state index is 0.529. The predicted molar refractivity (Wildman–Crippen MR) is 63.5 cm³/mol. The SMILES string of the molecule is CC(C(=O)C(=O)OC(C)(C)C)c1cccnc1. The van der Waals surface area contributed by atoms with Crippen molar-refractivity contribution in [1.82, 2.24) is 4.98 Å².